The molecule has 3 atom stereocenters. The van der Waals surface area contributed by atoms with Gasteiger partial charge in [-0.15, -0.1) is 0 Å². The van der Waals surface area contributed by atoms with E-state index in [1.165, 1.54) is 12.8 Å². The Morgan fingerprint density at radius 2 is 2.00 bits per heavy atom. The molecule has 0 aromatic heterocycles. The fourth-order valence-electron chi connectivity index (χ4n) is 2.67. The molecule has 58 valence electrons. The third-order valence-corrected chi connectivity index (χ3v) is 3.51. The van der Waals surface area contributed by atoms with E-state index in [2.05, 4.69) is 25.8 Å². The van der Waals surface area contributed by atoms with Gasteiger partial charge in [0.15, 0.2) is 0 Å². The molecule has 3 rings (SSSR count). The summed E-state index contributed by atoms with van der Waals surface area (Å²) < 4.78 is 0. The van der Waals surface area contributed by atoms with Crippen LogP contribution in [0.5, 0.6) is 0 Å². The Kier molecular flexibility index (Phi) is 1.31. The van der Waals surface area contributed by atoms with Crippen LogP contribution >= 0.6 is 0 Å². The second kappa shape index (κ2) is 1.97. The first-order valence-corrected chi connectivity index (χ1v) is 4.42. The Morgan fingerprint density at radius 3 is 2.20 bits per heavy atom. The van der Waals surface area contributed by atoms with Crippen LogP contribution < -0.4 is 0 Å². The van der Waals surface area contributed by atoms with Crippen molar-refractivity contribution in [1.29, 1.82) is 0 Å². The fraction of sp³-hybridized carbons (Fsp3) is 1.00. The zero-order valence-electron chi connectivity index (χ0n) is 7.17. The van der Waals surface area contributed by atoms with Gasteiger partial charge in [-0.3, -0.25) is 0 Å². The van der Waals surface area contributed by atoms with Gasteiger partial charge in [-0.05, 0) is 31.7 Å². The highest BCUT2D eigenvalue weighted by atomic mass is 15.3. The van der Waals surface area contributed by atoms with Gasteiger partial charge in [0.2, 0.25) is 0 Å². The number of hydrogen-bond acceptors (Lipinski definition) is 1. The smallest absolute Gasteiger partial charge is 0.0141 e. The summed E-state index contributed by atoms with van der Waals surface area (Å²) in [6.07, 6.45) is 2.96. The van der Waals surface area contributed by atoms with Gasteiger partial charge < -0.3 is 4.90 Å². The molecule has 2 heterocycles. The molecule has 1 heteroatoms. The maximum atomic E-state index is 2.56. The molecule has 3 unspecified atom stereocenters. The van der Waals surface area contributed by atoms with Gasteiger partial charge in [0, 0.05) is 12.1 Å². The lowest BCUT2D eigenvalue weighted by molar-refractivity contribution is 0.0930. The minimum absolute atomic E-state index is 0.903. The Labute approximate surface area is 63.4 Å². The Balaban J connectivity index is 2.04. The lowest BCUT2D eigenvalue weighted by Gasteiger charge is -2.38. The van der Waals surface area contributed by atoms with Crippen molar-refractivity contribution in [3.63, 3.8) is 0 Å². The lowest BCUT2D eigenvalue weighted by atomic mass is 9.91. The van der Waals surface area contributed by atoms with E-state index in [1.807, 2.05) is 0 Å². The van der Waals surface area contributed by atoms with Crippen LogP contribution in [-0.4, -0.2) is 24.0 Å². The summed E-state index contributed by atoms with van der Waals surface area (Å²) in [6, 6.07) is 1.90. The van der Waals surface area contributed by atoms with Crippen LogP contribution in [0.15, 0.2) is 0 Å². The van der Waals surface area contributed by atoms with Crippen molar-refractivity contribution in [1.82, 2.24) is 4.90 Å². The second-order valence-corrected chi connectivity index (χ2v) is 4.27. The van der Waals surface area contributed by atoms with E-state index >= 15 is 0 Å². The summed E-state index contributed by atoms with van der Waals surface area (Å²) in [5, 5.41) is 0. The molecule has 2 saturated heterocycles. The zero-order valence-corrected chi connectivity index (χ0v) is 7.17. The molecule has 1 aliphatic carbocycles. The maximum absolute atomic E-state index is 2.56. The Bertz CT molecular complexity index is 142. The van der Waals surface area contributed by atoms with Crippen LogP contribution in [0.25, 0.3) is 0 Å². The first kappa shape index (κ1) is 6.66. The van der Waals surface area contributed by atoms with Crippen molar-refractivity contribution in [2.24, 2.45) is 11.8 Å². The van der Waals surface area contributed by atoms with E-state index in [-0.39, 0.29) is 0 Å². The summed E-state index contributed by atoms with van der Waals surface area (Å²) in [5.41, 5.74) is 0. The van der Waals surface area contributed by atoms with E-state index in [9.17, 15) is 0 Å². The molecular formula is C9H17N. The van der Waals surface area contributed by atoms with Gasteiger partial charge in [-0.25, -0.2) is 0 Å². The SMILES string of the molecule is CC(C)C1CC2CC1N2C. The standard InChI is InChI=1S/C9H17N/c1-6(2)8-4-7-5-9(8)10(7)3/h6-9H,4-5H2,1-3H3. The van der Waals surface area contributed by atoms with E-state index in [4.69, 9.17) is 0 Å². The van der Waals surface area contributed by atoms with Crippen LogP contribution in [0.4, 0.5) is 0 Å². The first-order valence-electron chi connectivity index (χ1n) is 4.42. The molecule has 1 saturated carbocycles. The molecule has 1 nitrogen and oxygen atoms in total. The van der Waals surface area contributed by atoms with E-state index < -0.39 is 0 Å². The van der Waals surface area contributed by atoms with Gasteiger partial charge in [0.1, 0.15) is 0 Å². The van der Waals surface area contributed by atoms with Crippen molar-refractivity contribution in [3.8, 4) is 0 Å². The van der Waals surface area contributed by atoms with Crippen LogP contribution in [0, 0.1) is 11.8 Å². The third-order valence-electron chi connectivity index (χ3n) is 3.51. The van der Waals surface area contributed by atoms with E-state index in [0.717, 1.165) is 23.9 Å². The monoisotopic (exact) mass is 139 g/mol. The zero-order chi connectivity index (χ0) is 7.30. The van der Waals surface area contributed by atoms with Crippen molar-refractivity contribution >= 4 is 0 Å². The third kappa shape index (κ3) is 0.672. The largest absolute Gasteiger partial charge is 0.300 e. The molecule has 10 heavy (non-hydrogen) atoms. The maximum Gasteiger partial charge on any atom is 0.0141 e. The van der Waals surface area contributed by atoms with Gasteiger partial charge in [0.05, 0.1) is 0 Å². The molecule has 3 aliphatic rings. The van der Waals surface area contributed by atoms with Gasteiger partial charge >= 0.3 is 0 Å². The molecule has 0 aromatic carbocycles. The Hall–Kier alpha value is -0.0400. The van der Waals surface area contributed by atoms with Crippen LogP contribution in [0.3, 0.4) is 0 Å². The van der Waals surface area contributed by atoms with Crippen molar-refractivity contribution < 1.29 is 0 Å². The number of hydrogen-bond donors (Lipinski definition) is 0. The average Bonchev–Trinajstić information content (AvgIpc) is 2.40. The highest BCUT2D eigenvalue weighted by Crippen LogP contribution is 2.46. The number of rotatable bonds is 1. The topological polar surface area (TPSA) is 3.24 Å². The average molecular weight is 139 g/mol. The molecule has 2 bridgehead atoms. The minimum atomic E-state index is 0.903. The molecule has 0 spiro atoms. The highest BCUT2D eigenvalue weighted by molar-refractivity contribution is 5.04. The van der Waals surface area contributed by atoms with E-state index in [0.29, 0.717) is 0 Å². The Morgan fingerprint density at radius 1 is 1.30 bits per heavy atom. The second-order valence-electron chi connectivity index (χ2n) is 4.27. The lowest BCUT2D eigenvalue weighted by Crippen LogP contribution is -2.47. The fourth-order valence-corrected chi connectivity index (χ4v) is 2.67. The number of fused-ring (bicyclic) bond motifs is 1. The van der Waals surface area contributed by atoms with Crippen molar-refractivity contribution in [2.75, 3.05) is 7.05 Å². The van der Waals surface area contributed by atoms with Gasteiger partial charge in [-0.1, -0.05) is 13.8 Å². The summed E-state index contributed by atoms with van der Waals surface area (Å²) in [6.45, 7) is 4.72. The first-order chi connectivity index (χ1) is 4.70. The van der Waals surface area contributed by atoms with E-state index in [1.54, 1.807) is 0 Å². The van der Waals surface area contributed by atoms with Crippen LogP contribution in [0.1, 0.15) is 26.7 Å². The predicted molar refractivity (Wildman–Crippen MR) is 42.9 cm³/mol. The quantitative estimate of drug-likeness (QED) is 0.535. The normalized spacial score (nSPS) is 46.2. The molecular weight excluding hydrogens is 122 g/mol. The summed E-state index contributed by atoms with van der Waals surface area (Å²) >= 11 is 0. The van der Waals surface area contributed by atoms with Gasteiger partial charge in [0.25, 0.3) is 0 Å². The van der Waals surface area contributed by atoms with Crippen LogP contribution in [-0.2, 0) is 0 Å². The van der Waals surface area contributed by atoms with Crippen molar-refractivity contribution in [2.45, 2.75) is 38.8 Å². The molecule has 2 aliphatic heterocycles. The molecule has 3 fully saturated rings. The highest BCUT2D eigenvalue weighted by Gasteiger charge is 2.49. The van der Waals surface area contributed by atoms with Crippen molar-refractivity contribution in [3.05, 3.63) is 0 Å². The molecule has 0 N–H and O–H groups in total. The summed E-state index contributed by atoms with van der Waals surface area (Å²) in [7, 11) is 2.28. The van der Waals surface area contributed by atoms with Gasteiger partial charge in [-0.2, -0.15) is 0 Å². The molecule has 0 amide bonds. The molecule has 0 radical (unpaired) electrons. The molecule has 0 aromatic rings. The summed E-state index contributed by atoms with van der Waals surface area (Å²) in [5.74, 6) is 1.91. The predicted octanol–water partition coefficient (Wildman–Crippen LogP) is 1.74. The number of nitrogens with zero attached hydrogens (tertiary/aromatic N) is 1. The summed E-state index contributed by atoms with van der Waals surface area (Å²) in [4.78, 5) is 2.56. The van der Waals surface area contributed by atoms with Crippen LogP contribution in [0.2, 0.25) is 0 Å². The minimum Gasteiger partial charge on any atom is -0.300 e.